The SMILES string of the molecule is CCCC(CNC(=O)Nc1c(Cl)cc(F)cc1Br)C(=O)O. The van der Waals surface area contributed by atoms with Crippen molar-refractivity contribution in [2.75, 3.05) is 11.9 Å². The maximum absolute atomic E-state index is 13.1. The first-order chi connectivity index (χ1) is 9.85. The molecule has 8 heteroatoms. The second kappa shape index (κ2) is 8.19. The fourth-order valence-corrected chi connectivity index (χ4v) is 2.60. The van der Waals surface area contributed by atoms with Crippen LogP contribution in [0.2, 0.25) is 5.02 Å². The van der Waals surface area contributed by atoms with Crippen molar-refractivity contribution in [3.05, 3.63) is 27.4 Å². The first kappa shape index (κ1) is 17.7. The summed E-state index contributed by atoms with van der Waals surface area (Å²) in [6.07, 6.45) is 1.17. The number of urea groups is 1. The number of hydrogen-bond donors (Lipinski definition) is 3. The van der Waals surface area contributed by atoms with E-state index in [1.807, 2.05) is 6.92 Å². The molecule has 0 spiro atoms. The number of hydrogen-bond acceptors (Lipinski definition) is 2. The Hall–Kier alpha value is -1.34. The molecule has 0 aliphatic rings. The molecule has 1 aromatic carbocycles. The molecule has 1 atom stereocenters. The summed E-state index contributed by atoms with van der Waals surface area (Å²) in [4.78, 5) is 22.7. The van der Waals surface area contributed by atoms with Gasteiger partial charge in [-0.25, -0.2) is 9.18 Å². The van der Waals surface area contributed by atoms with Crippen molar-refractivity contribution in [1.82, 2.24) is 5.32 Å². The third-order valence-corrected chi connectivity index (χ3v) is 3.66. The van der Waals surface area contributed by atoms with Crippen molar-refractivity contribution in [3.63, 3.8) is 0 Å². The number of aliphatic carboxylic acids is 1. The van der Waals surface area contributed by atoms with Gasteiger partial charge in [-0.1, -0.05) is 24.9 Å². The van der Waals surface area contributed by atoms with Gasteiger partial charge < -0.3 is 15.7 Å². The number of anilines is 1. The van der Waals surface area contributed by atoms with Crippen LogP contribution in [-0.4, -0.2) is 23.7 Å². The minimum absolute atomic E-state index is 0.00540. The van der Waals surface area contributed by atoms with E-state index in [1.54, 1.807) is 0 Å². The largest absolute Gasteiger partial charge is 0.481 e. The van der Waals surface area contributed by atoms with Gasteiger partial charge in [0.05, 0.1) is 16.6 Å². The molecule has 0 aromatic heterocycles. The smallest absolute Gasteiger partial charge is 0.319 e. The lowest BCUT2D eigenvalue weighted by molar-refractivity contribution is -0.141. The molecule has 5 nitrogen and oxygen atoms in total. The van der Waals surface area contributed by atoms with Gasteiger partial charge in [-0.15, -0.1) is 0 Å². The molecule has 3 N–H and O–H groups in total. The van der Waals surface area contributed by atoms with E-state index in [0.717, 1.165) is 6.07 Å². The van der Waals surface area contributed by atoms with E-state index >= 15 is 0 Å². The van der Waals surface area contributed by atoms with Crippen molar-refractivity contribution >= 4 is 45.2 Å². The van der Waals surface area contributed by atoms with Crippen molar-refractivity contribution < 1.29 is 19.1 Å². The summed E-state index contributed by atoms with van der Waals surface area (Å²) >= 11 is 8.93. The summed E-state index contributed by atoms with van der Waals surface area (Å²) in [5.74, 6) is -2.14. The number of carboxylic acid groups (broad SMARTS) is 1. The van der Waals surface area contributed by atoms with E-state index in [1.165, 1.54) is 6.07 Å². The molecular weight excluding hydrogens is 367 g/mol. The minimum Gasteiger partial charge on any atom is -0.481 e. The molecule has 1 unspecified atom stereocenters. The molecule has 0 aliphatic heterocycles. The van der Waals surface area contributed by atoms with E-state index in [0.29, 0.717) is 17.3 Å². The molecule has 0 heterocycles. The van der Waals surface area contributed by atoms with Crippen LogP contribution in [0, 0.1) is 11.7 Å². The molecule has 2 amide bonds. The fourth-order valence-electron chi connectivity index (χ4n) is 1.70. The third-order valence-electron chi connectivity index (χ3n) is 2.74. The lowest BCUT2D eigenvalue weighted by Gasteiger charge is -2.14. The summed E-state index contributed by atoms with van der Waals surface area (Å²) < 4.78 is 13.4. The van der Waals surface area contributed by atoms with Gasteiger partial charge >= 0.3 is 12.0 Å². The van der Waals surface area contributed by atoms with Crippen LogP contribution in [0.3, 0.4) is 0 Å². The zero-order valence-corrected chi connectivity index (χ0v) is 13.6. The lowest BCUT2D eigenvalue weighted by Crippen LogP contribution is -2.35. The molecule has 0 fully saturated rings. The van der Waals surface area contributed by atoms with Crippen LogP contribution in [0.5, 0.6) is 0 Å². The Morgan fingerprint density at radius 1 is 1.48 bits per heavy atom. The predicted molar refractivity (Wildman–Crippen MR) is 82.2 cm³/mol. The number of carbonyl (C=O) groups is 2. The molecule has 0 radical (unpaired) electrons. The highest BCUT2D eigenvalue weighted by Crippen LogP contribution is 2.31. The predicted octanol–water partition coefficient (Wildman–Crippen LogP) is 3.86. The van der Waals surface area contributed by atoms with Crippen molar-refractivity contribution in [3.8, 4) is 0 Å². The fraction of sp³-hybridized carbons (Fsp3) is 0.385. The Labute approximate surface area is 135 Å². The molecule has 1 aromatic rings. The summed E-state index contributed by atoms with van der Waals surface area (Å²) in [6, 6.07) is 1.63. The number of carbonyl (C=O) groups excluding carboxylic acids is 1. The van der Waals surface area contributed by atoms with Crippen LogP contribution in [0.4, 0.5) is 14.9 Å². The zero-order chi connectivity index (χ0) is 16.0. The van der Waals surface area contributed by atoms with Gasteiger partial charge in [0.1, 0.15) is 5.82 Å². The number of rotatable bonds is 6. The number of nitrogens with one attached hydrogen (secondary N) is 2. The molecule has 0 bridgehead atoms. The van der Waals surface area contributed by atoms with E-state index in [2.05, 4.69) is 26.6 Å². The van der Waals surface area contributed by atoms with Crippen molar-refractivity contribution in [1.29, 1.82) is 0 Å². The monoisotopic (exact) mass is 380 g/mol. The van der Waals surface area contributed by atoms with Crippen LogP contribution in [-0.2, 0) is 4.79 Å². The maximum Gasteiger partial charge on any atom is 0.319 e. The molecule has 1 rings (SSSR count). The first-order valence-corrected chi connectivity index (χ1v) is 7.44. The molecule has 0 saturated carbocycles. The van der Waals surface area contributed by atoms with Gasteiger partial charge in [-0.3, -0.25) is 4.79 Å². The van der Waals surface area contributed by atoms with Crippen LogP contribution in [0.25, 0.3) is 0 Å². The van der Waals surface area contributed by atoms with Crippen molar-refractivity contribution in [2.45, 2.75) is 19.8 Å². The first-order valence-electron chi connectivity index (χ1n) is 6.27. The second-order valence-corrected chi connectivity index (χ2v) is 5.66. The molecular formula is C13H15BrClFN2O3. The number of benzene rings is 1. The van der Waals surface area contributed by atoms with Crippen LogP contribution < -0.4 is 10.6 Å². The van der Waals surface area contributed by atoms with Gasteiger partial charge in [0.25, 0.3) is 0 Å². The van der Waals surface area contributed by atoms with E-state index in [4.69, 9.17) is 16.7 Å². The number of carboxylic acids is 1. The van der Waals surface area contributed by atoms with Crippen LogP contribution in [0.15, 0.2) is 16.6 Å². The quantitative estimate of drug-likeness (QED) is 0.700. The van der Waals surface area contributed by atoms with Gasteiger partial charge in [0.2, 0.25) is 0 Å². The Morgan fingerprint density at radius 2 is 2.14 bits per heavy atom. The average Bonchev–Trinajstić information content (AvgIpc) is 2.38. The Kier molecular flexibility index (Phi) is 6.91. The van der Waals surface area contributed by atoms with Gasteiger partial charge in [0, 0.05) is 11.0 Å². The van der Waals surface area contributed by atoms with Gasteiger partial charge in [0.15, 0.2) is 0 Å². The molecule has 0 aliphatic carbocycles. The highest BCUT2D eigenvalue weighted by molar-refractivity contribution is 9.10. The highest BCUT2D eigenvalue weighted by Gasteiger charge is 2.18. The zero-order valence-electron chi connectivity index (χ0n) is 11.3. The van der Waals surface area contributed by atoms with E-state index in [-0.39, 0.29) is 17.3 Å². The van der Waals surface area contributed by atoms with E-state index < -0.39 is 23.7 Å². The summed E-state index contributed by atoms with van der Waals surface area (Å²) in [5.41, 5.74) is 0.220. The van der Waals surface area contributed by atoms with E-state index in [9.17, 15) is 14.0 Å². The normalized spacial score (nSPS) is 11.8. The lowest BCUT2D eigenvalue weighted by atomic mass is 10.0. The molecule has 116 valence electrons. The number of halogens is 3. The van der Waals surface area contributed by atoms with Crippen molar-refractivity contribution in [2.24, 2.45) is 5.92 Å². The molecule has 21 heavy (non-hydrogen) atoms. The van der Waals surface area contributed by atoms with Gasteiger partial charge in [-0.05, 0) is 34.5 Å². The topological polar surface area (TPSA) is 78.4 Å². The van der Waals surface area contributed by atoms with Crippen LogP contribution in [0.1, 0.15) is 19.8 Å². The second-order valence-electron chi connectivity index (χ2n) is 4.40. The minimum atomic E-state index is -0.960. The average molecular weight is 382 g/mol. The summed E-state index contributed by atoms with van der Waals surface area (Å²) in [5, 5.41) is 13.9. The summed E-state index contributed by atoms with van der Waals surface area (Å²) in [7, 11) is 0. The van der Waals surface area contributed by atoms with Crippen LogP contribution >= 0.6 is 27.5 Å². The Morgan fingerprint density at radius 3 is 2.67 bits per heavy atom. The third kappa shape index (κ3) is 5.51. The Balaban J connectivity index is 2.64. The number of amides is 2. The Bertz CT molecular complexity index is 519. The summed E-state index contributed by atoms with van der Waals surface area (Å²) in [6.45, 7) is 1.87. The standard InChI is InChI=1S/C13H15BrClFN2O3/c1-2-3-7(12(19)20)6-17-13(21)18-11-9(14)4-8(16)5-10(11)15/h4-5,7H,2-3,6H2,1H3,(H,19,20)(H2,17,18,21). The molecule has 0 saturated heterocycles. The van der Waals surface area contributed by atoms with Gasteiger partial charge in [-0.2, -0.15) is 0 Å². The highest BCUT2D eigenvalue weighted by atomic mass is 79.9. The maximum atomic E-state index is 13.1.